The van der Waals surface area contributed by atoms with Gasteiger partial charge in [-0.15, -0.1) is 0 Å². The van der Waals surface area contributed by atoms with Gasteiger partial charge in [-0.2, -0.15) is 0 Å². The van der Waals surface area contributed by atoms with Crippen LogP contribution in [0.15, 0.2) is 12.1 Å². The first kappa shape index (κ1) is 15.0. The summed E-state index contributed by atoms with van der Waals surface area (Å²) in [4.78, 5) is 0. The van der Waals surface area contributed by atoms with Crippen molar-refractivity contribution < 1.29 is 13.2 Å². The second kappa shape index (κ2) is 8.14. The average molecular weight is 259 g/mol. The maximum atomic E-state index is 13.3. The van der Waals surface area contributed by atoms with Crippen LogP contribution in [0.4, 0.5) is 13.2 Å². The summed E-state index contributed by atoms with van der Waals surface area (Å²) in [5.41, 5.74) is 0.264. The number of unbranched alkanes of at least 4 members (excludes halogenated alkanes) is 3. The Morgan fingerprint density at radius 2 is 1.56 bits per heavy atom. The molecule has 1 aromatic rings. The van der Waals surface area contributed by atoms with Crippen LogP contribution in [0.2, 0.25) is 0 Å². The summed E-state index contributed by atoms with van der Waals surface area (Å²) in [6, 6.07) is 1.58. The first-order valence-electron chi connectivity index (χ1n) is 6.49. The molecule has 1 aromatic carbocycles. The largest absolute Gasteiger partial charge is 0.317 e. The van der Waals surface area contributed by atoms with E-state index >= 15 is 0 Å². The van der Waals surface area contributed by atoms with Crippen molar-refractivity contribution in [1.29, 1.82) is 0 Å². The van der Waals surface area contributed by atoms with Gasteiger partial charge in [0.1, 0.15) is 5.82 Å². The van der Waals surface area contributed by atoms with Gasteiger partial charge in [0.15, 0.2) is 11.6 Å². The molecule has 0 saturated heterocycles. The molecule has 102 valence electrons. The normalized spacial score (nSPS) is 10.9. The van der Waals surface area contributed by atoms with Crippen LogP contribution in [-0.4, -0.2) is 13.1 Å². The van der Waals surface area contributed by atoms with Crippen molar-refractivity contribution in [3.05, 3.63) is 35.1 Å². The van der Waals surface area contributed by atoms with Crippen molar-refractivity contribution in [2.24, 2.45) is 0 Å². The van der Waals surface area contributed by atoms with E-state index < -0.39 is 17.5 Å². The number of hydrogen-bond donors (Lipinski definition) is 1. The summed E-state index contributed by atoms with van der Waals surface area (Å²) in [5, 5.41) is 3.23. The molecule has 0 fully saturated rings. The van der Waals surface area contributed by atoms with Crippen molar-refractivity contribution in [2.75, 3.05) is 13.1 Å². The zero-order valence-corrected chi connectivity index (χ0v) is 10.7. The quantitative estimate of drug-likeness (QED) is 0.553. The zero-order valence-electron chi connectivity index (χ0n) is 10.7. The Labute approximate surface area is 106 Å². The fraction of sp³-hybridized carbons (Fsp3) is 0.571. The Morgan fingerprint density at radius 3 is 2.28 bits per heavy atom. The fourth-order valence-corrected chi connectivity index (χ4v) is 1.85. The smallest absolute Gasteiger partial charge is 0.161 e. The van der Waals surface area contributed by atoms with Crippen LogP contribution >= 0.6 is 0 Å². The van der Waals surface area contributed by atoms with Crippen molar-refractivity contribution in [3.8, 4) is 0 Å². The molecule has 0 aliphatic heterocycles. The van der Waals surface area contributed by atoms with Crippen LogP contribution in [0.25, 0.3) is 0 Å². The van der Waals surface area contributed by atoms with E-state index in [1.807, 2.05) is 0 Å². The second-order valence-corrected chi connectivity index (χ2v) is 4.38. The van der Waals surface area contributed by atoms with Gasteiger partial charge < -0.3 is 5.32 Å². The van der Waals surface area contributed by atoms with E-state index in [1.54, 1.807) is 0 Å². The van der Waals surface area contributed by atoms with Crippen molar-refractivity contribution in [1.82, 2.24) is 5.32 Å². The molecule has 0 saturated carbocycles. The lowest BCUT2D eigenvalue weighted by Crippen LogP contribution is -2.13. The summed E-state index contributed by atoms with van der Waals surface area (Å²) in [6.07, 6.45) is 4.40. The number of nitrogens with one attached hydrogen (secondary N) is 1. The Bertz CT molecular complexity index is 366. The van der Waals surface area contributed by atoms with Gasteiger partial charge in [0.05, 0.1) is 0 Å². The van der Waals surface area contributed by atoms with Crippen molar-refractivity contribution in [3.63, 3.8) is 0 Å². The second-order valence-electron chi connectivity index (χ2n) is 4.38. The third-order valence-corrected chi connectivity index (χ3v) is 2.89. The molecule has 0 aromatic heterocycles. The Morgan fingerprint density at radius 1 is 0.889 bits per heavy atom. The minimum Gasteiger partial charge on any atom is -0.317 e. The average Bonchev–Trinajstić information content (AvgIpc) is 2.34. The maximum absolute atomic E-state index is 13.3. The Kier molecular flexibility index (Phi) is 6.80. The minimum atomic E-state index is -1.12. The third-order valence-electron chi connectivity index (χ3n) is 2.89. The number of rotatable bonds is 8. The number of benzene rings is 1. The van der Waals surface area contributed by atoms with E-state index in [4.69, 9.17) is 0 Å². The van der Waals surface area contributed by atoms with Gasteiger partial charge in [-0.25, -0.2) is 13.2 Å². The number of halogens is 3. The lowest BCUT2D eigenvalue weighted by atomic mass is 10.1. The highest BCUT2D eigenvalue weighted by molar-refractivity contribution is 5.20. The molecule has 0 aliphatic rings. The fourth-order valence-electron chi connectivity index (χ4n) is 1.85. The first-order valence-corrected chi connectivity index (χ1v) is 6.49. The molecule has 0 aliphatic carbocycles. The molecule has 18 heavy (non-hydrogen) atoms. The number of hydrogen-bond acceptors (Lipinski definition) is 1. The highest BCUT2D eigenvalue weighted by Gasteiger charge is 2.09. The van der Waals surface area contributed by atoms with Crippen LogP contribution in [0.3, 0.4) is 0 Å². The van der Waals surface area contributed by atoms with E-state index in [2.05, 4.69) is 12.2 Å². The molecule has 4 heteroatoms. The van der Waals surface area contributed by atoms with Gasteiger partial charge in [0, 0.05) is 6.07 Å². The van der Waals surface area contributed by atoms with E-state index in [9.17, 15) is 13.2 Å². The van der Waals surface area contributed by atoms with Crippen LogP contribution in [-0.2, 0) is 6.42 Å². The summed E-state index contributed by atoms with van der Waals surface area (Å²) >= 11 is 0. The molecular weight excluding hydrogens is 239 g/mol. The molecule has 0 amide bonds. The zero-order chi connectivity index (χ0) is 13.4. The van der Waals surface area contributed by atoms with E-state index in [-0.39, 0.29) is 5.56 Å². The molecule has 1 N–H and O–H groups in total. The van der Waals surface area contributed by atoms with E-state index in [0.29, 0.717) is 12.5 Å². The highest BCUT2D eigenvalue weighted by Crippen LogP contribution is 2.16. The molecule has 0 radical (unpaired) electrons. The van der Waals surface area contributed by atoms with Crippen LogP contribution in [0.1, 0.15) is 38.2 Å². The predicted octanol–water partition coefficient (Wildman–Crippen LogP) is 3.82. The molecule has 0 unspecified atom stereocenters. The summed E-state index contributed by atoms with van der Waals surface area (Å²) < 4.78 is 38.9. The van der Waals surface area contributed by atoms with Gasteiger partial charge in [-0.05, 0) is 44.0 Å². The standard InChI is InChI=1S/C14H20F3N/c1-2-18-8-6-4-3-5-7-11-9-13(16)14(17)10-12(11)15/h9-10,18H,2-8H2,1H3. The summed E-state index contributed by atoms with van der Waals surface area (Å²) in [6.45, 7) is 4.03. The first-order chi connectivity index (χ1) is 8.65. The summed E-state index contributed by atoms with van der Waals surface area (Å²) in [7, 11) is 0. The van der Waals surface area contributed by atoms with Gasteiger partial charge >= 0.3 is 0 Å². The highest BCUT2D eigenvalue weighted by atomic mass is 19.2. The Hall–Kier alpha value is -1.03. The summed E-state index contributed by atoms with van der Waals surface area (Å²) in [5.74, 6) is -2.75. The van der Waals surface area contributed by atoms with E-state index in [1.165, 1.54) is 0 Å². The van der Waals surface area contributed by atoms with Crippen LogP contribution in [0.5, 0.6) is 0 Å². The molecule has 0 bridgehead atoms. The maximum Gasteiger partial charge on any atom is 0.161 e. The van der Waals surface area contributed by atoms with E-state index in [0.717, 1.165) is 44.8 Å². The van der Waals surface area contributed by atoms with Gasteiger partial charge in [-0.1, -0.05) is 19.8 Å². The molecule has 0 heterocycles. The molecule has 1 nitrogen and oxygen atoms in total. The van der Waals surface area contributed by atoms with Crippen LogP contribution < -0.4 is 5.32 Å². The molecular formula is C14H20F3N. The van der Waals surface area contributed by atoms with Crippen molar-refractivity contribution in [2.45, 2.75) is 39.0 Å². The molecule has 0 spiro atoms. The van der Waals surface area contributed by atoms with Gasteiger partial charge in [0.2, 0.25) is 0 Å². The Balaban J connectivity index is 2.25. The van der Waals surface area contributed by atoms with Crippen molar-refractivity contribution >= 4 is 0 Å². The molecule has 1 rings (SSSR count). The topological polar surface area (TPSA) is 12.0 Å². The van der Waals surface area contributed by atoms with Gasteiger partial charge in [0.25, 0.3) is 0 Å². The predicted molar refractivity (Wildman–Crippen MR) is 67.0 cm³/mol. The third kappa shape index (κ3) is 5.08. The lowest BCUT2D eigenvalue weighted by molar-refractivity contribution is 0.488. The van der Waals surface area contributed by atoms with Crippen LogP contribution in [0, 0.1) is 17.5 Å². The minimum absolute atomic E-state index is 0.264. The number of aryl methyl sites for hydroxylation is 1. The van der Waals surface area contributed by atoms with Gasteiger partial charge in [-0.3, -0.25) is 0 Å². The lowest BCUT2D eigenvalue weighted by Gasteiger charge is -2.05. The SMILES string of the molecule is CCNCCCCCCc1cc(F)c(F)cc1F. The molecule has 0 atom stereocenters. The monoisotopic (exact) mass is 259 g/mol.